The quantitative estimate of drug-likeness (QED) is 0.220. The number of aliphatic hydroxyl groups is 1. The molecule has 0 unspecified atom stereocenters. The van der Waals surface area contributed by atoms with E-state index in [9.17, 15) is 9.59 Å². The van der Waals surface area contributed by atoms with Gasteiger partial charge in [-0.15, -0.1) is 11.3 Å². The van der Waals surface area contributed by atoms with Crippen LogP contribution in [0, 0.1) is 6.92 Å². The highest BCUT2D eigenvalue weighted by molar-refractivity contribution is 7.23. The molecule has 0 aliphatic rings. The van der Waals surface area contributed by atoms with Crippen molar-refractivity contribution in [1.29, 1.82) is 0 Å². The number of halogens is 1. The third-order valence-corrected chi connectivity index (χ3v) is 6.90. The molecule has 4 rings (SSSR count). The molecule has 0 saturated carbocycles. The molecule has 0 radical (unpaired) electrons. The number of ether oxygens (including phenoxy) is 1. The van der Waals surface area contributed by atoms with Gasteiger partial charge in [0.1, 0.15) is 12.4 Å². The minimum absolute atomic E-state index is 0.0308. The zero-order valence-corrected chi connectivity index (χ0v) is 20.9. The van der Waals surface area contributed by atoms with Crippen molar-refractivity contribution in [3.63, 3.8) is 0 Å². The largest absolute Gasteiger partial charge is 0.488 e. The normalized spacial score (nSPS) is 10.9. The highest BCUT2D eigenvalue weighted by Gasteiger charge is 2.17. The van der Waals surface area contributed by atoms with Crippen molar-refractivity contribution in [2.75, 3.05) is 29.5 Å². The van der Waals surface area contributed by atoms with Crippen molar-refractivity contribution in [1.82, 2.24) is 4.98 Å². The van der Waals surface area contributed by atoms with Crippen LogP contribution in [0.1, 0.15) is 31.8 Å². The van der Waals surface area contributed by atoms with Crippen LogP contribution in [-0.2, 0) is 6.61 Å². The number of amides is 2. The molecule has 2 aromatic heterocycles. The van der Waals surface area contributed by atoms with Crippen molar-refractivity contribution >= 4 is 61.2 Å². The first-order valence-electron chi connectivity index (χ1n) is 10.9. The highest BCUT2D eigenvalue weighted by Crippen LogP contribution is 2.36. The van der Waals surface area contributed by atoms with Crippen molar-refractivity contribution in [2.45, 2.75) is 13.5 Å². The summed E-state index contributed by atoms with van der Waals surface area (Å²) in [5, 5.41) is 16.4. The van der Waals surface area contributed by atoms with Crippen LogP contribution in [0.5, 0.6) is 5.75 Å². The van der Waals surface area contributed by atoms with Crippen LogP contribution in [0.25, 0.3) is 10.1 Å². The van der Waals surface area contributed by atoms with Crippen molar-refractivity contribution in [3.05, 3.63) is 76.1 Å². The maximum atomic E-state index is 12.8. The lowest BCUT2D eigenvalue weighted by Crippen LogP contribution is -2.13. The van der Waals surface area contributed by atoms with Crippen molar-refractivity contribution in [3.8, 4) is 5.75 Å². The summed E-state index contributed by atoms with van der Waals surface area (Å²) in [6, 6.07) is 10.2. The lowest BCUT2D eigenvalue weighted by Gasteiger charge is -2.13. The Kier molecular flexibility index (Phi) is 7.58. The first kappa shape index (κ1) is 25.2. The van der Waals surface area contributed by atoms with Gasteiger partial charge in [-0.2, -0.15) is 0 Å². The number of nitrogens with one attached hydrogen (secondary N) is 2. The number of fused-ring (bicyclic) bond motifs is 1. The van der Waals surface area contributed by atoms with Crippen LogP contribution in [0.4, 0.5) is 16.4 Å². The van der Waals surface area contributed by atoms with Gasteiger partial charge in [-0.1, -0.05) is 17.7 Å². The van der Waals surface area contributed by atoms with Crippen LogP contribution in [0.3, 0.4) is 0 Å². The second-order valence-corrected chi connectivity index (χ2v) is 9.40. The number of nitrogen functional groups attached to an aromatic ring is 1. The van der Waals surface area contributed by atoms with Gasteiger partial charge in [-0.3, -0.25) is 14.6 Å². The summed E-state index contributed by atoms with van der Waals surface area (Å²) in [5.74, 6) is -0.343. The van der Waals surface area contributed by atoms with E-state index in [0.29, 0.717) is 60.5 Å². The van der Waals surface area contributed by atoms with Crippen LogP contribution >= 0.6 is 22.9 Å². The van der Waals surface area contributed by atoms with Crippen LogP contribution in [0.2, 0.25) is 5.02 Å². The zero-order valence-electron chi connectivity index (χ0n) is 19.3. The smallest absolute Gasteiger partial charge is 0.255 e. The molecule has 0 fully saturated rings. The third kappa shape index (κ3) is 5.35. The number of primary amides is 1. The molecule has 186 valence electrons. The van der Waals surface area contributed by atoms with Gasteiger partial charge in [0.25, 0.3) is 11.8 Å². The molecule has 0 atom stereocenters. The second kappa shape index (κ2) is 10.8. The summed E-state index contributed by atoms with van der Waals surface area (Å²) < 4.78 is 6.72. The molecule has 0 aliphatic heterocycles. The van der Waals surface area contributed by atoms with Gasteiger partial charge in [0.2, 0.25) is 0 Å². The van der Waals surface area contributed by atoms with Gasteiger partial charge in [0.15, 0.2) is 0 Å². The third-order valence-electron chi connectivity index (χ3n) is 5.47. The second-order valence-electron chi connectivity index (χ2n) is 7.94. The SMILES string of the molecule is Cc1ccc(NC(=O)c2ccc(NCCO)c(Cl)c2)cc1OCc1c(N)sc2c(C(N)=O)cncc12. The molecule has 7 N–H and O–H groups in total. The minimum Gasteiger partial charge on any atom is -0.488 e. The van der Waals surface area contributed by atoms with Crippen molar-refractivity contribution < 1.29 is 19.4 Å². The minimum atomic E-state index is -0.571. The van der Waals surface area contributed by atoms with E-state index < -0.39 is 5.91 Å². The average molecular weight is 526 g/mol. The molecular formula is C25H24ClN5O4S. The lowest BCUT2D eigenvalue weighted by molar-refractivity contribution is 0.0998. The Morgan fingerprint density at radius 1 is 1.19 bits per heavy atom. The van der Waals surface area contributed by atoms with Gasteiger partial charge < -0.3 is 31.9 Å². The number of hydrogen-bond donors (Lipinski definition) is 5. The Morgan fingerprint density at radius 3 is 2.72 bits per heavy atom. The number of pyridine rings is 1. The summed E-state index contributed by atoms with van der Waals surface area (Å²) >= 11 is 7.51. The number of thiophene rings is 1. The number of benzene rings is 2. The Morgan fingerprint density at radius 2 is 2.00 bits per heavy atom. The number of aliphatic hydroxyl groups excluding tert-OH is 1. The molecule has 2 aromatic carbocycles. The number of aryl methyl sites for hydroxylation is 1. The molecule has 4 aromatic rings. The number of anilines is 3. The highest BCUT2D eigenvalue weighted by atomic mass is 35.5. The van der Waals surface area contributed by atoms with Gasteiger partial charge >= 0.3 is 0 Å². The fraction of sp³-hybridized carbons (Fsp3) is 0.160. The number of rotatable bonds is 9. The molecule has 2 amide bonds. The Balaban J connectivity index is 1.50. The van der Waals surface area contributed by atoms with Crippen LogP contribution in [0.15, 0.2) is 48.8 Å². The fourth-order valence-corrected chi connectivity index (χ4v) is 4.89. The number of nitrogens with two attached hydrogens (primary N) is 2. The number of aromatic nitrogens is 1. The van der Waals surface area contributed by atoms with E-state index in [1.165, 1.54) is 17.5 Å². The fourth-order valence-electron chi connectivity index (χ4n) is 3.58. The average Bonchev–Trinajstić information content (AvgIpc) is 3.18. The maximum absolute atomic E-state index is 12.8. The van der Waals surface area contributed by atoms with Gasteiger partial charge in [-0.25, -0.2) is 0 Å². The van der Waals surface area contributed by atoms with Gasteiger partial charge in [0, 0.05) is 47.2 Å². The van der Waals surface area contributed by atoms with E-state index >= 15 is 0 Å². The number of carbonyl (C=O) groups is 2. The monoisotopic (exact) mass is 525 g/mol. The number of nitrogens with zero attached hydrogens (tertiary/aromatic N) is 1. The molecular weight excluding hydrogens is 502 g/mol. The molecule has 0 spiro atoms. The van der Waals surface area contributed by atoms with Crippen LogP contribution in [-0.4, -0.2) is 35.1 Å². The van der Waals surface area contributed by atoms with E-state index in [1.54, 1.807) is 36.5 Å². The summed E-state index contributed by atoms with van der Waals surface area (Å²) in [4.78, 5) is 28.6. The summed E-state index contributed by atoms with van der Waals surface area (Å²) in [6.07, 6.45) is 3.06. The maximum Gasteiger partial charge on any atom is 0.255 e. The molecule has 0 aliphatic carbocycles. The number of carbonyl (C=O) groups excluding carboxylic acids is 2. The van der Waals surface area contributed by atoms with E-state index in [1.807, 2.05) is 13.0 Å². The van der Waals surface area contributed by atoms with E-state index in [2.05, 4.69) is 15.6 Å². The summed E-state index contributed by atoms with van der Waals surface area (Å²) in [5.41, 5.74) is 15.1. The van der Waals surface area contributed by atoms with E-state index in [-0.39, 0.29) is 19.1 Å². The summed E-state index contributed by atoms with van der Waals surface area (Å²) in [7, 11) is 0. The Bertz CT molecular complexity index is 1460. The van der Waals surface area contributed by atoms with Crippen molar-refractivity contribution in [2.24, 2.45) is 5.73 Å². The topological polar surface area (TPSA) is 153 Å². The molecule has 36 heavy (non-hydrogen) atoms. The predicted octanol–water partition coefficient (Wildman–Crippen LogP) is 4.17. The van der Waals surface area contributed by atoms with Gasteiger partial charge in [0.05, 0.1) is 32.6 Å². The Hall–Kier alpha value is -3.86. The molecule has 0 bridgehead atoms. The summed E-state index contributed by atoms with van der Waals surface area (Å²) in [6.45, 7) is 2.36. The predicted molar refractivity (Wildman–Crippen MR) is 143 cm³/mol. The molecule has 11 heteroatoms. The lowest BCUT2D eigenvalue weighted by atomic mass is 10.1. The molecule has 9 nitrogen and oxygen atoms in total. The Labute approximate surface area is 216 Å². The molecule has 0 saturated heterocycles. The standard InChI is InChI=1S/C25H24ClN5O4S/c1-13-2-4-15(31-25(34)14-3-5-20(19(26)8-14)30-6-7-32)9-21(13)35-12-18-16-10-29-11-17(23(27)33)22(16)36-24(18)28/h2-5,8-11,30,32H,6-7,12,28H2,1H3,(H2,27,33)(H,31,34). The van der Waals surface area contributed by atoms with E-state index in [4.69, 9.17) is 32.9 Å². The van der Waals surface area contributed by atoms with E-state index in [0.717, 1.165) is 5.56 Å². The zero-order chi connectivity index (χ0) is 25.8. The first-order valence-corrected chi connectivity index (χ1v) is 12.1. The molecule has 2 heterocycles. The number of hydrogen-bond acceptors (Lipinski definition) is 8. The first-order chi connectivity index (χ1) is 17.3. The van der Waals surface area contributed by atoms with Crippen LogP contribution < -0.4 is 26.8 Å². The van der Waals surface area contributed by atoms with Gasteiger partial charge in [-0.05, 0) is 36.8 Å².